The van der Waals surface area contributed by atoms with Gasteiger partial charge in [0.2, 0.25) is 0 Å². The molecule has 0 aliphatic heterocycles. The third-order valence-corrected chi connectivity index (χ3v) is 4.21. The van der Waals surface area contributed by atoms with Crippen LogP contribution in [0.1, 0.15) is 36.1 Å². The van der Waals surface area contributed by atoms with Gasteiger partial charge in [0.15, 0.2) is 0 Å². The summed E-state index contributed by atoms with van der Waals surface area (Å²) in [5, 5.41) is 7.14. The minimum Gasteiger partial charge on any atom is -0.497 e. The smallest absolute Gasteiger partial charge is 0.251 e. The Morgan fingerprint density at radius 1 is 1.19 bits per heavy atom. The van der Waals surface area contributed by atoms with Crippen LogP contribution in [-0.4, -0.2) is 27.8 Å². The number of rotatable bonds is 6. The number of ether oxygens (including phenoxy) is 1. The van der Waals surface area contributed by atoms with Crippen molar-refractivity contribution < 1.29 is 9.53 Å². The molecular formula is C20H22N4O2. The number of carbonyl (C=O) groups is 1. The van der Waals surface area contributed by atoms with Crippen molar-refractivity contribution in [1.82, 2.24) is 20.1 Å². The van der Waals surface area contributed by atoms with Gasteiger partial charge in [-0.15, -0.1) is 0 Å². The quantitative estimate of drug-likeness (QED) is 0.739. The largest absolute Gasteiger partial charge is 0.497 e. The summed E-state index contributed by atoms with van der Waals surface area (Å²) in [4.78, 5) is 16.9. The van der Waals surface area contributed by atoms with Gasteiger partial charge >= 0.3 is 0 Å². The second-order valence-corrected chi connectivity index (χ2v) is 5.94. The van der Waals surface area contributed by atoms with Crippen LogP contribution in [0, 0.1) is 0 Å². The molecule has 0 spiro atoms. The fraction of sp³-hybridized carbons (Fsp3) is 0.250. The summed E-state index contributed by atoms with van der Waals surface area (Å²) in [6.45, 7) is 4.60. The van der Waals surface area contributed by atoms with Crippen LogP contribution in [0.2, 0.25) is 0 Å². The zero-order valence-corrected chi connectivity index (χ0v) is 15.1. The first-order valence-corrected chi connectivity index (χ1v) is 8.55. The lowest BCUT2D eigenvalue weighted by molar-refractivity contribution is 0.0937. The summed E-state index contributed by atoms with van der Waals surface area (Å²) >= 11 is 0. The van der Waals surface area contributed by atoms with E-state index in [2.05, 4.69) is 15.4 Å². The number of hydrogen-bond acceptors (Lipinski definition) is 4. The summed E-state index contributed by atoms with van der Waals surface area (Å²) in [6, 6.07) is 15.1. The zero-order valence-electron chi connectivity index (χ0n) is 15.1. The Morgan fingerprint density at radius 2 is 1.92 bits per heavy atom. The molecule has 6 heteroatoms. The molecule has 2 aromatic carbocycles. The first-order chi connectivity index (χ1) is 12.6. The number of aryl methyl sites for hydroxylation is 1. The van der Waals surface area contributed by atoms with E-state index in [9.17, 15) is 4.79 Å². The third kappa shape index (κ3) is 3.74. The van der Waals surface area contributed by atoms with Gasteiger partial charge in [0.1, 0.15) is 17.9 Å². The lowest BCUT2D eigenvalue weighted by Crippen LogP contribution is -2.28. The normalized spacial score (nSPS) is 11.8. The van der Waals surface area contributed by atoms with Crippen LogP contribution in [0.25, 0.3) is 11.1 Å². The highest BCUT2D eigenvalue weighted by molar-refractivity contribution is 5.95. The molecule has 134 valence electrons. The molecule has 0 bridgehead atoms. The Labute approximate surface area is 152 Å². The Hall–Kier alpha value is -3.15. The SMILES string of the molecule is CCn1ncnc1C(C)NC(=O)c1cccc(-c2cccc(OC)c2)c1. The van der Waals surface area contributed by atoms with Crippen LogP contribution in [0.5, 0.6) is 5.75 Å². The van der Waals surface area contributed by atoms with Crippen LogP contribution >= 0.6 is 0 Å². The predicted molar refractivity (Wildman–Crippen MR) is 100 cm³/mol. The first-order valence-electron chi connectivity index (χ1n) is 8.55. The van der Waals surface area contributed by atoms with Crippen LogP contribution < -0.4 is 10.1 Å². The van der Waals surface area contributed by atoms with E-state index in [-0.39, 0.29) is 11.9 Å². The minimum absolute atomic E-state index is 0.145. The molecule has 1 N–H and O–H groups in total. The standard InChI is InChI=1S/C20H22N4O2/c1-4-24-19(21-13-22-24)14(2)23-20(25)17-9-5-7-15(11-17)16-8-6-10-18(12-16)26-3/h5-14H,4H2,1-3H3,(H,23,25). The van der Waals surface area contributed by atoms with Gasteiger partial charge in [-0.1, -0.05) is 24.3 Å². The van der Waals surface area contributed by atoms with Crippen LogP contribution in [-0.2, 0) is 6.54 Å². The molecule has 0 aliphatic rings. The maximum absolute atomic E-state index is 12.7. The van der Waals surface area contributed by atoms with Gasteiger partial charge in [-0.3, -0.25) is 4.79 Å². The molecule has 1 amide bonds. The van der Waals surface area contributed by atoms with E-state index < -0.39 is 0 Å². The maximum Gasteiger partial charge on any atom is 0.251 e. The van der Waals surface area contributed by atoms with Crippen LogP contribution in [0.3, 0.4) is 0 Å². The number of carbonyl (C=O) groups excluding carboxylic acids is 1. The van der Waals surface area contributed by atoms with Gasteiger partial charge in [0.25, 0.3) is 5.91 Å². The number of methoxy groups -OCH3 is 1. The molecule has 0 fully saturated rings. The third-order valence-electron chi connectivity index (χ3n) is 4.21. The summed E-state index contributed by atoms with van der Waals surface area (Å²) in [7, 11) is 1.64. The molecule has 3 aromatic rings. The van der Waals surface area contributed by atoms with E-state index >= 15 is 0 Å². The summed E-state index contributed by atoms with van der Waals surface area (Å²) in [5.74, 6) is 1.38. The van der Waals surface area contributed by atoms with Gasteiger partial charge in [-0.2, -0.15) is 5.10 Å². The average Bonchev–Trinajstić information content (AvgIpc) is 3.17. The highest BCUT2D eigenvalue weighted by atomic mass is 16.5. The number of amides is 1. The van der Waals surface area contributed by atoms with Crippen molar-refractivity contribution >= 4 is 5.91 Å². The number of nitrogens with one attached hydrogen (secondary N) is 1. The van der Waals surface area contributed by atoms with E-state index in [4.69, 9.17) is 4.74 Å². The van der Waals surface area contributed by atoms with Crippen LogP contribution in [0.4, 0.5) is 0 Å². The second kappa shape index (κ2) is 7.82. The Balaban J connectivity index is 1.80. The molecule has 1 heterocycles. The number of hydrogen-bond donors (Lipinski definition) is 1. The molecule has 0 aliphatic carbocycles. The molecule has 0 radical (unpaired) electrons. The Kier molecular flexibility index (Phi) is 5.31. The molecule has 3 rings (SSSR count). The van der Waals surface area contributed by atoms with Gasteiger partial charge in [0.05, 0.1) is 13.2 Å². The van der Waals surface area contributed by atoms with Gasteiger partial charge in [-0.25, -0.2) is 9.67 Å². The topological polar surface area (TPSA) is 69.0 Å². The minimum atomic E-state index is -0.231. The lowest BCUT2D eigenvalue weighted by atomic mass is 10.0. The highest BCUT2D eigenvalue weighted by Gasteiger charge is 2.16. The van der Waals surface area contributed by atoms with Gasteiger partial charge < -0.3 is 10.1 Å². The van der Waals surface area contributed by atoms with Gasteiger partial charge in [0, 0.05) is 12.1 Å². The van der Waals surface area contributed by atoms with Crippen molar-refractivity contribution in [2.45, 2.75) is 26.4 Å². The van der Waals surface area contributed by atoms with Crippen molar-refractivity contribution in [3.8, 4) is 16.9 Å². The van der Waals surface area contributed by atoms with Crippen molar-refractivity contribution in [2.75, 3.05) is 7.11 Å². The van der Waals surface area contributed by atoms with Gasteiger partial charge in [-0.05, 0) is 49.2 Å². The molecule has 0 saturated carbocycles. The second-order valence-electron chi connectivity index (χ2n) is 5.94. The summed E-state index contributed by atoms with van der Waals surface area (Å²) in [5.41, 5.74) is 2.55. The monoisotopic (exact) mass is 350 g/mol. The van der Waals surface area contributed by atoms with Crippen molar-refractivity contribution in [2.24, 2.45) is 0 Å². The maximum atomic E-state index is 12.7. The van der Waals surface area contributed by atoms with Crippen molar-refractivity contribution in [3.63, 3.8) is 0 Å². The van der Waals surface area contributed by atoms with Crippen LogP contribution in [0.15, 0.2) is 54.9 Å². The number of benzene rings is 2. The highest BCUT2D eigenvalue weighted by Crippen LogP contribution is 2.24. The summed E-state index contributed by atoms with van der Waals surface area (Å²) in [6.07, 6.45) is 1.50. The molecular weight excluding hydrogens is 328 g/mol. The fourth-order valence-electron chi connectivity index (χ4n) is 2.84. The van der Waals surface area contributed by atoms with E-state index in [1.807, 2.05) is 56.3 Å². The molecule has 1 unspecified atom stereocenters. The number of nitrogens with zero attached hydrogens (tertiary/aromatic N) is 3. The fourth-order valence-corrected chi connectivity index (χ4v) is 2.84. The number of aromatic nitrogens is 3. The van der Waals surface area contributed by atoms with E-state index in [0.717, 1.165) is 22.7 Å². The van der Waals surface area contributed by atoms with Crippen molar-refractivity contribution in [3.05, 3.63) is 66.2 Å². The average molecular weight is 350 g/mol. The first kappa shape index (κ1) is 17.7. The van der Waals surface area contributed by atoms with E-state index in [1.54, 1.807) is 17.9 Å². The lowest BCUT2D eigenvalue weighted by Gasteiger charge is -2.14. The van der Waals surface area contributed by atoms with E-state index in [0.29, 0.717) is 12.1 Å². The van der Waals surface area contributed by atoms with Crippen molar-refractivity contribution in [1.29, 1.82) is 0 Å². The molecule has 26 heavy (non-hydrogen) atoms. The Bertz CT molecular complexity index is 904. The summed E-state index contributed by atoms with van der Waals surface area (Å²) < 4.78 is 7.05. The molecule has 6 nitrogen and oxygen atoms in total. The molecule has 1 atom stereocenters. The zero-order chi connectivity index (χ0) is 18.5. The molecule has 0 saturated heterocycles. The predicted octanol–water partition coefficient (Wildman–Crippen LogP) is 3.46. The van der Waals surface area contributed by atoms with E-state index in [1.165, 1.54) is 6.33 Å². The molecule has 1 aromatic heterocycles. The Morgan fingerprint density at radius 3 is 2.65 bits per heavy atom.